The van der Waals surface area contributed by atoms with Crippen LogP contribution >= 0.6 is 0 Å². The first kappa shape index (κ1) is 24.2. The molecule has 0 heterocycles. The molecule has 3 aromatic carbocycles. The molecule has 33 heavy (non-hydrogen) atoms. The van der Waals surface area contributed by atoms with Gasteiger partial charge in [-0.05, 0) is 34.6 Å². The summed E-state index contributed by atoms with van der Waals surface area (Å²) in [6.45, 7) is 4.74. The predicted octanol–water partition coefficient (Wildman–Crippen LogP) is 5.13. The number of amides is 2. The van der Waals surface area contributed by atoms with Gasteiger partial charge in [-0.2, -0.15) is 0 Å². The minimum atomic E-state index is -0.576. The number of rotatable bonds is 10. The van der Waals surface area contributed by atoms with E-state index in [4.69, 9.17) is 0 Å². The lowest BCUT2D eigenvalue weighted by atomic mass is 9.99. The molecule has 1 N–H and O–H groups in total. The van der Waals surface area contributed by atoms with Crippen molar-refractivity contribution < 1.29 is 9.59 Å². The molecular weight excluding hydrogens is 408 g/mol. The number of hydrogen-bond acceptors (Lipinski definition) is 2. The lowest BCUT2D eigenvalue weighted by molar-refractivity contribution is -0.141. The van der Waals surface area contributed by atoms with Gasteiger partial charge in [-0.3, -0.25) is 9.59 Å². The molecule has 0 aliphatic heterocycles. The Bertz CT molecular complexity index is 1010. The van der Waals surface area contributed by atoms with E-state index >= 15 is 0 Å². The topological polar surface area (TPSA) is 49.4 Å². The Labute approximate surface area is 197 Å². The summed E-state index contributed by atoms with van der Waals surface area (Å²) in [5.74, 6) is 0.314. The van der Waals surface area contributed by atoms with Gasteiger partial charge >= 0.3 is 0 Å². The SMILES string of the molecule is CNC(=O)[C@H](Cc1ccccc1)N(Cc1ccccc1)C(=O)CCc1ccc(C(C)C)cc1. The zero-order chi connectivity index (χ0) is 23.6. The molecule has 4 nitrogen and oxygen atoms in total. The molecule has 4 heteroatoms. The fraction of sp³-hybridized carbons (Fsp3) is 0.310. The lowest BCUT2D eigenvalue weighted by Gasteiger charge is -2.31. The minimum absolute atomic E-state index is 0.0173. The number of carbonyl (C=O) groups excluding carboxylic acids is 2. The van der Waals surface area contributed by atoms with Gasteiger partial charge in [0.1, 0.15) is 6.04 Å². The Morgan fingerprint density at radius 2 is 1.36 bits per heavy atom. The maximum Gasteiger partial charge on any atom is 0.242 e. The van der Waals surface area contributed by atoms with Crippen LogP contribution in [-0.2, 0) is 29.0 Å². The predicted molar refractivity (Wildman–Crippen MR) is 134 cm³/mol. The van der Waals surface area contributed by atoms with Gasteiger partial charge in [-0.25, -0.2) is 0 Å². The summed E-state index contributed by atoms with van der Waals surface area (Å²) in [6.07, 6.45) is 1.48. The van der Waals surface area contributed by atoms with Gasteiger partial charge < -0.3 is 10.2 Å². The van der Waals surface area contributed by atoms with Crippen LogP contribution in [0.25, 0.3) is 0 Å². The second-order valence-electron chi connectivity index (χ2n) is 8.72. The number of nitrogens with zero attached hydrogens (tertiary/aromatic N) is 1. The van der Waals surface area contributed by atoms with Crippen LogP contribution in [0.4, 0.5) is 0 Å². The molecule has 172 valence electrons. The highest BCUT2D eigenvalue weighted by Crippen LogP contribution is 2.18. The van der Waals surface area contributed by atoms with Gasteiger partial charge in [0.25, 0.3) is 0 Å². The fourth-order valence-electron chi connectivity index (χ4n) is 3.96. The van der Waals surface area contributed by atoms with Gasteiger partial charge in [-0.15, -0.1) is 0 Å². The van der Waals surface area contributed by atoms with Gasteiger partial charge in [-0.1, -0.05) is 98.8 Å². The van der Waals surface area contributed by atoms with E-state index in [0.717, 1.165) is 16.7 Å². The van der Waals surface area contributed by atoms with E-state index in [1.165, 1.54) is 5.56 Å². The molecule has 0 aromatic heterocycles. The Kier molecular flexibility index (Phi) is 8.82. The van der Waals surface area contributed by atoms with Crippen LogP contribution in [0.2, 0.25) is 0 Å². The Morgan fingerprint density at radius 3 is 1.91 bits per heavy atom. The van der Waals surface area contributed by atoms with Gasteiger partial charge in [0.15, 0.2) is 0 Å². The molecule has 3 aromatic rings. The van der Waals surface area contributed by atoms with E-state index in [2.05, 4.69) is 43.4 Å². The molecule has 1 atom stereocenters. The summed E-state index contributed by atoms with van der Waals surface area (Å²) in [5, 5.41) is 2.76. The van der Waals surface area contributed by atoms with Crippen molar-refractivity contribution in [2.24, 2.45) is 0 Å². The number of likely N-dealkylation sites (N-methyl/N-ethyl adjacent to an activating group) is 1. The average molecular weight is 443 g/mol. The number of hydrogen-bond donors (Lipinski definition) is 1. The van der Waals surface area contributed by atoms with Crippen molar-refractivity contribution in [2.75, 3.05) is 7.05 Å². The fourth-order valence-corrected chi connectivity index (χ4v) is 3.96. The van der Waals surface area contributed by atoms with E-state index in [0.29, 0.717) is 31.7 Å². The Balaban J connectivity index is 1.81. The molecule has 0 saturated carbocycles. The number of benzene rings is 3. The van der Waals surface area contributed by atoms with E-state index < -0.39 is 6.04 Å². The molecule has 3 rings (SSSR count). The molecular formula is C29H34N2O2. The van der Waals surface area contributed by atoms with E-state index in [1.807, 2.05) is 60.7 Å². The molecule has 0 radical (unpaired) electrons. The molecule has 2 amide bonds. The Morgan fingerprint density at radius 1 is 0.788 bits per heavy atom. The standard InChI is InChI=1S/C29H34N2O2/c1-22(2)26-17-14-23(15-18-26)16-19-28(32)31(21-25-12-8-5-9-13-25)27(29(33)30-3)20-24-10-6-4-7-11-24/h4-15,17-18,22,27H,16,19-21H2,1-3H3,(H,30,33)/t27-/m0/s1. The van der Waals surface area contributed by atoms with Gasteiger partial charge in [0.2, 0.25) is 11.8 Å². The molecule has 0 saturated heterocycles. The normalized spacial score (nSPS) is 11.8. The van der Waals surface area contributed by atoms with Crippen molar-refractivity contribution in [3.63, 3.8) is 0 Å². The third kappa shape index (κ3) is 7.04. The van der Waals surface area contributed by atoms with Crippen LogP contribution in [0.15, 0.2) is 84.9 Å². The lowest BCUT2D eigenvalue weighted by Crippen LogP contribution is -2.49. The third-order valence-corrected chi connectivity index (χ3v) is 5.99. The minimum Gasteiger partial charge on any atom is -0.357 e. The highest BCUT2D eigenvalue weighted by Gasteiger charge is 2.29. The summed E-state index contributed by atoms with van der Waals surface area (Å²) < 4.78 is 0. The first-order chi connectivity index (χ1) is 16.0. The number of carbonyl (C=O) groups is 2. The van der Waals surface area contributed by atoms with Crippen LogP contribution in [0.1, 0.15) is 48.4 Å². The maximum atomic E-state index is 13.5. The molecule has 0 aliphatic carbocycles. The van der Waals surface area contributed by atoms with Gasteiger partial charge in [0, 0.05) is 26.4 Å². The van der Waals surface area contributed by atoms with Crippen LogP contribution in [-0.4, -0.2) is 29.8 Å². The van der Waals surface area contributed by atoms with Crippen LogP contribution in [0, 0.1) is 0 Å². The van der Waals surface area contributed by atoms with Crippen molar-refractivity contribution in [3.8, 4) is 0 Å². The summed E-state index contributed by atoms with van der Waals surface area (Å²) in [6, 6.07) is 27.6. The molecule has 0 fully saturated rings. The molecule has 0 aliphatic rings. The molecule has 0 bridgehead atoms. The zero-order valence-corrected chi connectivity index (χ0v) is 19.8. The largest absolute Gasteiger partial charge is 0.357 e. The van der Waals surface area contributed by atoms with Gasteiger partial charge in [0.05, 0.1) is 0 Å². The number of nitrogens with one attached hydrogen (secondary N) is 1. The first-order valence-corrected chi connectivity index (χ1v) is 11.7. The van der Waals surface area contributed by atoms with Crippen molar-refractivity contribution >= 4 is 11.8 Å². The summed E-state index contributed by atoms with van der Waals surface area (Å²) in [7, 11) is 1.63. The summed E-state index contributed by atoms with van der Waals surface area (Å²) >= 11 is 0. The van der Waals surface area contributed by atoms with Crippen LogP contribution in [0.3, 0.4) is 0 Å². The highest BCUT2D eigenvalue weighted by atomic mass is 16.2. The summed E-state index contributed by atoms with van der Waals surface area (Å²) in [4.78, 5) is 28.2. The average Bonchev–Trinajstić information content (AvgIpc) is 2.85. The molecule has 0 unspecified atom stereocenters. The summed E-state index contributed by atoms with van der Waals surface area (Å²) in [5.41, 5.74) is 4.46. The smallest absolute Gasteiger partial charge is 0.242 e. The monoisotopic (exact) mass is 442 g/mol. The second-order valence-corrected chi connectivity index (χ2v) is 8.72. The van der Waals surface area contributed by atoms with Crippen LogP contribution in [0.5, 0.6) is 0 Å². The third-order valence-electron chi connectivity index (χ3n) is 5.99. The first-order valence-electron chi connectivity index (χ1n) is 11.7. The van der Waals surface area contributed by atoms with E-state index in [-0.39, 0.29) is 11.8 Å². The van der Waals surface area contributed by atoms with Crippen molar-refractivity contribution in [1.29, 1.82) is 0 Å². The van der Waals surface area contributed by atoms with E-state index in [1.54, 1.807) is 11.9 Å². The van der Waals surface area contributed by atoms with Crippen molar-refractivity contribution in [1.82, 2.24) is 10.2 Å². The quantitative estimate of drug-likeness (QED) is 0.473. The van der Waals surface area contributed by atoms with Crippen molar-refractivity contribution in [2.45, 2.75) is 51.6 Å². The van der Waals surface area contributed by atoms with E-state index in [9.17, 15) is 9.59 Å². The Hall–Kier alpha value is -3.40. The second kappa shape index (κ2) is 12.0. The molecule has 0 spiro atoms. The van der Waals surface area contributed by atoms with Crippen molar-refractivity contribution in [3.05, 3.63) is 107 Å². The maximum absolute atomic E-state index is 13.5. The highest BCUT2D eigenvalue weighted by molar-refractivity contribution is 5.88. The zero-order valence-electron chi connectivity index (χ0n) is 19.8. The van der Waals surface area contributed by atoms with Crippen LogP contribution < -0.4 is 5.32 Å². The number of aryl methyl sites for hydroxylation is 1.